The van der Waals surface area contributed by atoms with Gasteiger partial charge in [-0.1, -0.05) is 0 Å². The van der Waals surface area contributed by atoms with Gasteiger partial charge in [-0.2, -0.15) is 0 Å². The summed E-state index contributed by atoms with van der Waals surface area (Å²) in [6.45, 7) is 2.27. The van der Waals surface area contributed by atoms with Crippen molar-refractivity contribution in [3.8, 4) is 0 Å². The molecule has 0 aromatic heterocycles. The molecule has 1 unspecified atom stereocenters. The van der Waals surface area contributed by atoms with Crippen molar-refractivity contribution in [3.05, 3.63) is 23.3 Å². The minimum atomic E-state index is 0.746. The third kappa shape index (κ3) is 1.54. The van der Waals surface area contributed by atoms with E-state index in [2.05, 4.69) is 24.1 Å². The highest BCUT2D eigenvalue weighted by Gasteiger charge is 2.29. The Morgan fingerprint density at radius 2 is 2.33 bits per heavy atom. The summed E-state index contributed by atoms with van der Waals surface area (Å²) in [5.74, 6) is 1.99. The Balaban J connectivity index is 2.16. The van der Waals surface area contributed by atoms with Crippen molar-refractivity contribution in [1.82, 2.24) is 4.90 Å². The van der Waals surface area contributed by atoms with Crippen LogP contribution in [0.1, 0.15) is 23.5 Å². The molecule has 0 bridgehead atoms. The number of nitrogens with zero attached hydrogens (tertiary/aromatic N) is 1. The zero-order valence-corrected chi connectivity index (χ0v) is 9.81. The molecule has 1 aromatic rings. The number of nitrogen functional groups attached to an aromatic ring is 1. The standard InChI is InChI=1S/C12H16N2S/c1-14-6-8-2-3-15-11-5-10(13)4-9(7-14)12(8)11/h4-5,8H,2-3,6-7,13H2,1H3. The van der Waals surface area contributed by atoms with Crippen LogP contribution in [0, 0.1) is 0 Å². The van der Waals surface area contributed by atoms with Gasteiger partial charge in [-0.05, 0) is 48.4 Å². The summed E-state index contributed by atoms with van der Waals surface area (Å²) in [7, 11) is 2.20. The molecule has 3 rings (SSSR count). The third-order valence-corrected chi connectivity index (χ3v) is 4.44. The van der Waals surface area contributed by atoms with Crippen molar-refractivity contribution in [2.45, 2.75) is 23.8 Å². The molecule has 1 aromatic carbocycles. The van der Waals surface area contributed by atoms with E-state index < -0.39 is 0 Å². The molecule has 0 saturated heterocycles. The summed E-state index contributed by atoms with van der Waals surface area (Å²) < 4.78 is 0. The van der Waals surface area contributed by atoms with Crippen LogP contribution in [0.25, 0.3) is 0 Å². The Morgan fingerprint density at radius 3 is 3.20 bits per heavy atom. The average molecular weight is 220 g/mol. The number of hydrogen-bond donors (Lipinski definition) is 1. The zero-order chi connectivity index (χ0) is 10.4. The van der Waals surface area contributed by atoms with E-state index in [1.165, 1.54) is 29.2 Å². The normalized spacial score (nSPS) is 25.0. The first-order valence-electron chi connectivity index (χ1n) is 5.47. The third-order valence-electron chi connectivity index (χ3n) is 3.35. The van der Waals surface area contributed by atoms with Crippen molar-refractivity contribution < 1.29 is 0 Å². The molecular weight excluding hydrogens is 204 g/mol. The van der Waals surface area contributed by atoms with Crippen LogP contribution in [0.15, 0.2) is 17.0 Å². The predicted molar refractivity (Wildman–Crippen MR) is 65.3 cm³/mol. The molecule has 0 saturated carbocycles. The van der Waals surface area contributed by atoms with E-state index in [0.29, 0.717) is 0 Å². The van der Waals surface area contributed by atoms with E-state index in [9.17, 15) is 0 Å². The quantitative estimate of drug-likeness (QED) is 0.680. The molecule has 0 fully saturated rings. The lowest BCUT2D eigenvalue weighted by molar-refractivity contribution is 0.275. The van der Waals surface area contributed by atoms with E-state index in [1.54, 1.807) is 5.56 Å². The van der Waals surface area contributed by atoms with E-state index >= 15 is 0 Å². The topological polar surface area (TPSA) is 29.3 Å². The van der Waals surface area contributed by atoms with E-state index in [-0.39, 0.29) is 0 Å². The number of likely N-dealkylation sites (N-methyl/N-ethyl adjacent to an activating group) is 1. The summed E-state index contributed by atoms with van der Waals surface area (Å²) >= 11 is 1.97. The van der Waals surface area contributed by atoms with Gasteiger partial charge >= 0.3 is 0 Å². The molecule has 0 amide bonds. The van der Waals surface area contributed by atoms with Gasteiger partial charge in [0.1, 0.15) is 0 Å². The highest BCUT2D eigenvalue weighted by atomic mass is 32.2. The van der Waals surface area contributed by atoms with E-state index in [4.69, 9.17) is 5.73 Å². The van der Waals surface area contributed by atoms with Crippen molar-refractivity contribution in [3.63, 3.8) is 0 Å². The lowest BCUT2D eigenvalue weighted by Crippen LogP contribution is -2.32. The van der Waals surface area contributed by atoms with Gasteiger partial charge in [0.05, 0.1) is 0 Å². The van der Waals surface area contributed by atoms with Crippen LogP contribution in [0.4, 0.5) is 5.69 Å². The first-order chi connectivity index (χ1) is 7.24. The van der Waals surface area contributed by atoms with Gasteiger partial charge in [0, 0.05) is 23.7 Å². The fourth-order valence-corrected chi connectivity index (χ4v) is 4.09. The second-order valence-corrected chi connectivity index (χ2v) is 5.76. The molecular formula is C12H16N2S. The van der Waals surface area contributed by atoms with Crippen LogP contribution in [0.2, 0.25) is 0 Å². The lowest BCUT2D eigenvalue weighted by atomic mass is 9.87. The summed E-state index contributed by atoms with van der Waals surface area (Å²) in [6, 6.07) is 4.31. The number of thioether (sulfide) groups is 1. The Morgan fingerprint density at radius 1 is 1.47 bits per heavy atom. The van der Waals surface area contributed by atoms with Gasteiger partial charge in [0.25, 0.3) is 0 Å². The lowest BCUT2D eigenvalue weighted by Gasteiger charge is -2.36. The number of hydrogen-bond acceptors (Lipinski definition) is 3. The molecule has 1 atom stereocenters. The number of anilines is 1. The Hall–Kier alpha value is -0.670. The average Bonchev–Trinajstić information content (AvgIpc) is 2.16. The van der Waals surface area contributed by atoms with Crippen molar-refractivity contribution in [2.24, 2.45) is 0 Å². The highest BCUT2D eigenvalue weighted by molar-refractivity contribution is 7.99. The second-order valence-electron chi connectivity index (χ2n) is 4.62. The molecule has 2 heterocycles. The smallest absolute Gasteiger partial charge is 0.0328 e. The maximum Gasteiger partial charge on any atom is 0.0328 e. The maximum atomic E-state index is 5.94. The molecule has 2 nitrogen and oxygen atoms in total. The van der Waals surface area contributed by atoms with Gasteiger partial charge in [-0.25, -0.2) is 0 Å². The second kappa shape index (κ2) is 3.42. The molecule has 80 valence electrons. The molecule has 2 aliphatic heterocycles. The van der Waals surface area contributed by atoms with Crippen LogP contribution in [-0.4, -0.2) is 24.2 Å². The van der Waals surface area contributed by atoms with Gasteiger partial charge < -0.3 is 10.6 Å². The minimum Gasteiger partial charge on any atom is -0.399 e. The summed E-state index contributed by atoms with van der Waals surface area (Å²) in [6.07, 6.45) is 1.32. The van der Waals surface area contributed by atoms with Crippen LogP contribution < -0.4 is 5.73 Å². The monoisotopic (exact) mass is 220 g/mol. The van der Waals surface area contributed by atoms with Crippen LogP contribution in [0.3, 0.4) is 0 Å². The van der Waals surface area contributed by atoms with Crippen molar-refractivity contribution in [1.29, 1.82) is 0 Å². The van der Waals surface area contributed by atoms with Crippen molar-refractivity contribution in [2.75, 3.05) is 25.1 Å². The Kier molecular flexibility index (Phi) is 2.18. The minimum absolute atomic E-state index is 0.746. The number of rotatable bonds is 0. The van der Waals surface area contributed by atoms with Gasteiger partial charge in [0.15, 0.2) is 0 Å². The Bertz CT molecular complexity index is 403. The first-order valence-corrected chi connectivity index (χ1v) is 6.46. The largest absolute Gasteiger partial charge is 0.399 e. The van der Waals surface area contributed by atoms with Gasteiger partial charge in [-0.3, -0.25) is 0 Å². The Labute approximate surface area is 94.8 Å². The number of nitrogens with two attached hydrogens (primary N) is 1. The molecule has 2 N–H and O–H groups in total. The maximum absolute atomic E-state index is 5.94. The van der Waals surface area contributed by atoms with E-state index in [0.717, 1.165) is 18.2 Å². The van der Waals surface area contributed by atoms with Crippen molar-refractivity contribution >= 4 is 17.4 Å². The predicted octanol–water partition coefficient (Wildman–Crippen LogP) is 2.29. The summed E-state index contributed by atoms with van der Waals surface area (Å²) in [5, 5.41) is 0. The summed E-state index contributed by atoms with van der Waals surface area (Å²) in [5.41, 5.74) is 9.92. The fraction of sp³-hybridized carbons (Fsp3) is 0.500. The van der Waals surface area contributed by atoms with Crippen LogP contribution >= 0.6 is 11.8 Å². The molecule has 0 aliphatic carbocycles. The van der Waals surface area contributed by atoms with E-state index in [1.807, 2.05) is 11.8 Å². The van der Waals surface area contributed by atoms with Crippen LogP contribution in [-0.2, 0) is 6.54 Å². The van der Waals surface area contributed by atoms with Gasteiger partial charge in [-0.15, -0.1) is 11.8 Å². The van der Waals surface area contributed by atoms with Crippen LogP contribution in [0.5, 0.6) is 0 Å². The molecule has 3 heteroatoms. The molecule has 0 radical (unpaired) electrons. The SMILES string of the molecule is CN1Cc2cc(N)cc3c2C(CCS3)C1. The fourth-order valence-electron chi connectivity index (χ4n) is 2.79. The highest BCUT2D eigenvalue weighted by Crippen LogP contribution is 2.43. The summed E-state index contributed by atoms with van der Waals surface area (Å²) in [4.78, 5) is 3.85. The zero-order valence-electron chi connectivity index (χ0n) is 8.99. The first kappa shape index (κ1) is 9.55. The molecule has 15 heavy (non-hydrogen) atoms. The molecule has 2 aliphatic rings. The molecule has 0 spiro atoms. The van der Waals surface area contributed by atoms with Gasteiger partial charge in [0.2, 0.25) is 0 Å². The number of benzene rings is 1.